The minimum atomic E-state index is -0.902. The Balaban J connectivity index is 1.81. The summed E-state index contributed by atoms with van der Waals surface area (Å²) in [6.07, 6.45) is 8.87. The van der Waals surface area contributed by atoms with Crippen LogP contribution in [0.15, 0.2) is 146 Å². The Kier molecular flexibility index (Phi) is 6.89. The second-order valence-electron chi connectivity index (χ2n) is 7.94. The predicted octanol–water partition coefficient (Wildman–Crippen LogP) is 6.89. The van der Waals surface area contributed by atoms with E-state index in [0.29, 0.717) is 0 Å². The minimum absolute atomic E-state index is 0.122. The van der Waals surface area contributed by atoms with E-state index >= 15 is 0 Å². The third-order valence-corrected chi connectivity index (χ3v) is 13.4. The van der Waals surface area contributed by atoms with Crippen LogP contribution in [-0.4, -0.2) is 4.36 Å². The molecule has 4 aromatic carbocycles. The molecule has 0 nitrogen and oxygen atoms in total. The van der Waals surface area contributed by atoms with Crippen molar-refractivity contribution < 1.29 is 0 Å². The van der Waals surface area contributed by atoms with Gasteiger partial charge in [-0.1, -0.05) is 146 Å². The molecule has 1 aliphatic carbocycles. The van der Waals surface area contributed by atoms with E-state index in [2.05, 4.69) is 146 Å². The molecule has 0 N–H and O–H groups in total. The zero-order valence-electron chi connectivity index (χ0n) is 18.2. The van der Waals surface area contributed by atoms with Crippen molar-refractivity contribution in [2.45, 2.75) is 4.36 Å². The van der Waals surface area contributed by atoms with Crippen LogP contribution < -0.4 is 21.2 Å². The number of hydrogen-bond acceptors (Lipinski definition) is 0. The molecule has 0 bridgehead atoms. The summed E-state index contributed by atoms with van der Waals surface area (Å²) < 4.78 is -0.542. The fraction of sp³-hybridized carbons (Fsp3) is 0.0667. The maximum atomic E-state index is 8.17. The lowest BCUT2D eigenvalue weighted by molar-refractivity contribution is 0.863. The molecule has 0 unspecified atom stereocenters. The number of allylic oxidation sites excluding steroid dienone is 4. The fourth-order valence-electron chi connectivity index (χ4n) is 4.41. The second kappa shape index (κ2) is 10.2. The molecule has 1 aliphatic rings. The Labute approximate surface area is 204 Å². The lowest BCUT2D eigenvalue weighted by Gasteiger charge is -2.46. The Morgan fingerprint density at radius 1 is 0.455 bits per heavy atom. The Morgan fingerprint density at radius 2 is 0.727 bits per heavy atom. The van der Waals surface area contributed by atoms with Crippen LogP contribution in [0.25, 0.3) is 0 Å². The monoisotopic (exact) mass is 482 g/mol. The zero-order chi connectivity index (χ0) is 22.5. The number of halogens is 1. The summed E-state index contributed by atoms with van der Waals surface area (Å²) in [5.74, 6) is 0.122. The first-order chi connectivity index (χ1) is 16.3. The molecule has 5 rings (SSSR count). The summed E-state index contributed by atoms with van der Waals surface area (Å²) >= 11 is 8.17. The van der Waals surface area contributed by atoms with Crippen molar-refractivity contribution in [2.75, 3.05) is 0 Å². The van der Waals surface area contributed by atoms with Gasteiger partial charge in [0.15, 0.2) is 0 Å². The Bertz CT molecular complexity index is 1050. The van der Waals surface area contributed by atoms with Crippen molar-refractivity contribution in [3.63, 3.8) is 0 Å². The van der Waals surface area contributed by atoms with Crippen LogP contribution in [0.4, 0.5) is 0 Å². The lowest BCUT2D eigenvalue weighted by atomic mass is 10.2. The molecule has 0 radical (unpaired) electrons. The molecule has 0 fully saturated rings. The van der Waals surface area contributed by atoms with E-state index < -0.39 is 20.2 Å². The standard InChI is InChI=1S/C30H25ClP2/c31-30(25-15-13-14-16-25,32(26-17-5-1-6-18-26)27-19-7-2-8-20-27)33(28-21-9-3-10-22-28)29-23-11-4-12-24-29/h1-25H. The molecule has 0 saturated carbocycles. The molecule has 33 heavy (non-hydrogen) atoms. The van der Waals surface area contributed by atoms with Crippen LogP contribution in [0.1, 0.15) is 0 Å². The number of rotatable bonds is 7. The van der Waals surface area contributed by atoms with E-state index in [0.717, 1.165) is 0 Å². The van der Waals surface area contributed by atoms with Crippen LogP contribution in [-0.2, 0) is 0 Å². The van der Waals surface area contributed by atoms with Gasteiger partial charge in [0.2, 0.25) is 0 Å². The maximum Gasteiger partial charge on any atom is 0.109 e. The van der Waals surface area contributed by atoms with Crippen LogP contribution in [0, 0.1) is 5.92 Å². The molecule has 0 amide bonds. The Hall–Kier alpha value is -2.49. The smallest absolute Gasteiger partial charge is 0.107 e. The van der Waals surface area contributed by atoms with E-state index in [1.807, 2.05) is 0 Å². The average Bonchev–Trinajstić information content (AvgIpc) is 3.43. The molecule has 3 heteroatoms. The number of hydrogen-bond donors (Lipinski definition) is 0. The van der Waals surface area contributed by atoms with Gasteiger partial charge >= 0.3 is 0 Å². The van der Waals surface area contributed by atoms with Crippen LogP contribution >= 0.6 is 27.4 Å². The normalized spacial score (nSPS) is 13.8. The van der Waals surface area contributed by atoms with Gasteiger partial charge in [-0.25, -0.2) is 0 Å². The van der Waals surface area contributed by atoms with Crippen molar-refractivity contribution >= 4 is 48.7 Å². The second-order valence-corrected chi connectivity index (χ2v) is 14.2. The molecule has 0 aromatic heterocycles. The van der Waals surface area contributed by atoms with Gasteiger partial charge in [0.05, 0.1) is 0 Å². The topological polar surface area (TPSA) is 0 Å². The predicted molar refractivity (Wildman–Crippen MR) is 148 cm³/mol. The van der Waals surface area contributed by atoms with Crippen LogP contribution in [0.3, 0.4) is 0 Å². The summed E-state index contributed by atoms with van der Waals surface area (Å²) in [5.41, 5.74) is 0. The van der Waals surface area contributed by atoms with Gasteiger partial charge in [0, 0.05) is 5.92 Å². The summed E-state index contributed by atoms with van der Waals surface area (Å²) in [6, 6.07) is 43.5. The molecule has 0 atom stereocenters. The largest absolute Gasteiger partial charge is 0.109 e. The van der Waals surface area contributed by atoms with E-state index in [1.165, 1.54) is 21.2 Å². The molecular weight excluding hydrogens is 458 g/mol. The first-order valence-corrected chi connectivity index (χ1v) is 14.2. The molecule has 162 valence electrons. The molecule has 0 spiro atoms. The van der Waals surface area contributed by atoms with E-state index in [9.17, 15) is 0 Å². The quantitative estimate of drug-likeness (QED) is 0.199. The minimum Gasteiger partial charge on any atom is -0.107 e. The van der Waals surface area contributed by atoms with E-state index in [-0.39, 0.29) is 5.92 Å². The van der Waals surface area contributed by atoms with Gasteiger partial charge in [-0.05, 0) is 37.1 Å². The lowest BCUT2D eigenvalue weighted by Crippen LogP contribution is -2.39. The van der Waals surface area contributed by atoms with Crippen molar-refractivity contribution in [1.29, 1.82) is 0 Å². The Morgan fingerprint density at radius 3 is 1.00 bits per heavy atom. The maximum absolute atomic E-state index is 8.17. The summed E-state index contributed by atoms with van der Waals surface area (Å²) in [4.78, 5) is 0. The third kappa shape index (κ3) is 4.49. The fourth-order valence-corrected chi connectivity index (χ4v) is 12.8. The third-order valence-electron chi connectivity index (χ3n) is 5.86. The van der Waals surface area contributed by atoms with Gasteiger partial charge < -0.3 is 0 Å². The number of benzene rings is 4. The summed E-state index contributed by atoms with van der Waals surface area (Å²) in [7, 11) is -1.80. The molecule has 4 aromatic rings. The highest BCUT2D eigenvalue weighted by atomic mass is 35.5. The molecule has 0 saturated heterocycles. The van der Waals surface area contributed by atoms with Crippen molar-refractivity contribution in [3.05, 3.63) is 146 Å². The summed E-state index contributed by atoms with van der Waals surface area (Å²) in [5, 5.41) is 5.23. The van der Waals surface area contributed by atoms with E-state index in [1.54, 1.807) is 0 Å². The highest BCUT2D eigenvalue weighted by Gasteiger charge is 2.51. The first-order valence-electron chi connectivity index (χ1n) is 11.1. The zero-order valence-corrected chi connectivity index (χ0v) is 20.8. The molecule has 0 heterocycles. The van der Waals surface area contributed by atoms with Gasteiger partial charge in [0.1, 0.15) is 4.36 Å². The number of alkyl halides is 1. The van der Waals surface area contributed by atoms with Gasteiger partial charge in [-0.2, -0.15) is 0 Å². The van der Waals surface area contributed by atoms with E-state index in [4.69, 9.17) is 11.6 Å². The average molecular weight is 483 g/mol. The molecule has 0 aliphatic heterocycles. The van der Waals surface area contributed by atoms with Gasteiger partial charge in [0.25, 0.3) is 0 Å². The molecular formula is C30H25ClP2. The summed E-state index contributed by atoms with van der Waals surface area (Å²) in [6.45, 7) is 0. The van der Waals surface area contributed by atoms with Crippen molar-refractivity contribution in [2.24, 2.45) is 5.92 Å². The van der Waals surface area contributed by atoms with Crippen molar-refractivity contribution in [1.82, 2.24) is 0 Å². The van der Waals surface area contributed by atoms with Crippen LogP contribution in [0.2, 0.25) is 0 Å². The van der Waals surface area contributed by atoms with Crippen molar-refractivity contribution in [3.8, 4) is 0 Å². The van der Waals surface area contributed by atoms with Crippen LogP contribution in [0.5, 0.6) is 0 Å². The van der Waals surface area contributed by atoms with Gasteiger partial charge in [-0.15, -0.1) is 11.6 Å². The first kappa shape index (κ1) is 22.3. The highest BCUT2D eigenvalue weighted by Crippen LogP contribution is 2.71. The highest BCUT2D eigenvalue weighted by molar-refractivity contribution is 7.93. The SMILES string of the molecule is ClC(C1C=CC=C1)(P(c1ccccc1)c1ccccc1)P(c1ccccc1)c1ccccc1. The van der Waals surface area contributed by atoms with Gasteiger partial charge in [-0.3, -0.25) is 0 Å².